The number of benzene rings is 1. The molecule has 0 aliphatic heterocycles. The van der Waals surface area contributed by atoms with E-state index in [1.165, 1.54) is 6.07 Å². The van der Waals surface area contributed by atoms with Gasteiger partial charge in [0, 0.05) is 27.8 Å². The summed E-state index contributed by atoms with van der Waals surface area (Å²) in [5.41, 5.74) is 6.33. The lowest BCUT2D eigenvalue weighted by molar-refractivity contribution is 0.615. The molecule has 90 valence electrons. The van der Waals surface area contributed by atoms with Gasteiger partial charge in [-0.1, -0.05) is 25.8 Å². The van der Waals surface area contributed by atoms with Crippen molar-refractivity contribution >= 4 is 16.5 Å². The van der Waals surface area contributed by atoms with Crippen LogP contribution < -0.4 is 5.73 Å². The van der Waals surface area contributed by atoms with Crippen LogP contribution in [0, 0.1) is 5.82 Å². The Morgan fingerprint density at radius 3 is 2.75 bits per heavy atom. The second kappa shape index (κ2) is 6.63. The van der Waals surface area contributed by atoms with Crippen LogP contribution in [0.1, 0.15) is 31.7 Å². The summed E-state index contributed by atoms with van der Waals surface area (Å²) in [7, 11) is -0.970. The summed E-state index contributed by atoms with van der Waals surface area (Å²) < 4.78 is 25.0. The molecule has 1 aromatic carbocycles. The van der Waals surface area contributed by atoms with Gasteiger partial charge in [-0.05, 0) is 18.6 Å². The topological polar surface area (TPSA) is 43.1 Å². The van der Waals surface area contributed by atoms with Crippen LogP contribution in [0.4, 0.5) is 10.1 Å². The van der Waals surface area contributed by atoms with E-state index in [0.29, 0.717) is 17.0 Å². The van der Waals surface area contributed by atoms with Gasteiger partial charge in [-0.15, -0.1) is 0 Å². The van der Waals surface area contributed by atoms with Gasteiger partial charge in [-0.2, -0.15) is 0 Å². The van der Waals surface area contributed by atoms with Crippen molar-refractivity contribution in [3.8, 4) is 0 Å². The van der Waals surface area contributed by atoms with Crippen LogP contribution in [-0.2, 0) is 16.6 Å². The summed E-state index contributed by atoms with van der Waals surface area (Å²) in [6.45, 7) is 2.10. The minimum atomic E-state index is -0.970. The van der Waals surface area contributed by atoms with Crippen molar-refractivity contribution in [1.29, 1.82) is 0 Å². The molecule has 0 aliphatic rings. The number of anilines is 1. The number of hydrogen-bond acceptors (Lipinski definition) is 2. The normalized spacial score (nSPS) is 12.6. The Morgan fingerprint density at radius 2 is 2.12 bits per heavy atom. The zero-order chi connectivity index (χ0) is 12.0. The molecule has 0 aliphatic carbocycles. The Morgan fingerprint density at radius 1 is 1.38 bits per heavy atom. The van der Waals surface area contributed by atoms with E-state index in [9.17, 15) is 8.60 Å². The fourth-order valence-corrected chi connectivity index (χ4v) is 2.69. The summed E-state index contributed by atoms with van der Waals surface area (Å²) in [5.74, 6) is 0.580. The van der Waals surface area contributed by atoms with Crippen LogP contribution in [0.5, 0.6) is 0 Å². The van der Waals surface area contributed by atoms with E-state index in [4.69, 9.17) is 5.73 Å². The summed E-state index contributed by atoms with van der Waals surface area (Å²) in [4.78, 5) is 0. The second-order valence-corrected chi connectivity index (χ2v) is 5.42. The van der Waals surface area contributed by atoms with Crippen LogP contribution in [0.3, 0.4) is 0 Å². The predicted octanol–water partition coefficient (Wildman–Crippen LogP) is 2.85. The minimum absolute atomic E-state index is 0.288. The number of rotatable bonds is 6. The number of halogens is 1. The average molecular weight is 243 g/mol. The van der Waals surface area contributed by atoms with E-state index in [1.807, 2.05) is 0 Å². The zero-order valence-electron chi connectivity index (χ0n) is 9.54. The van der Waals surface area contributed by atoms with E-state index in [1.54, 1.807) is 12.1 Å². The third-order valence-electron chi connectivity index (χ3n) is 2.37. The SMILES string of the molecule is CCCCCS(=O)Cc1ccc(N)cc1F. The lowest BCUT2D eigenvalue weighted by atomic mass is 10.2. The van der Waals surface area contributed by atoms with Crippen molar-refractivity contribution in [3.63, 3.8) is 0 Å². The third-order valence-corrected chi connectivity index (χ3v) is 3.75. The van der Waals surface area contributed by atoms with Crippen LogP contribution in [0.25, 0.3) is 0 Å². The van der Waals surface area contributed by atoms with E-state index < -0.39 is 10.8 Å². The van der Waals surface area contributed by atoms with Gasteiger partial charge < -0.3 is 5.73 Å². The van der Waals surface area contributed by atoms with Crippen LogP contribution in [0.2, 0.25) is 0 Å². The highest BCUT2D eigenvalue weighted by Gasteiger charge is 2.06. The van der Waals surface area contributed by atoms with Gasteiger partial charge in [0.25, 0.3) is 0 Å². The zero-order valence-corrected chi connectivity index (χ0v) is 10.4. The molecular formula is C12H18FNOS. The highest BCUT2D eigenvalue weighted by Crippen LogP contribution is 2.14. The maximum atomic E-state index is 13.4. The van der Waals surface area contributed by atoms with E-state index in [2.05, 4.69) is 6.92 Å². The molecule has 1 aromatic rings. The van der Waals surface area contributed by atoms with E-state index in [0.717, 1.165) is 19.3 Å². The van der Waals surface area contributed by atoms with Crippen LogP contribution in [0.15, 0.2) is 18.2 Å². The molecule has 0 spiro atoms. The number of nitrogens with two attached hydrogens (primary N) is 1. The molecule has 1 atom stereocenters. The third kappa shape index (κ3) is 4.31. The molecule has 0 bridgehead atoms. The van der Waals surface area contributed by atoms with Gasteiger partial charge in [0.2, 0.25) is 0 Å². The van der Waals surface area contributed by atoms with Crippen molar-refractivity contribution in [2.75, 3.05) is 11.5 Å². The van der Waals surface area contributed by atoms with Crippen molar-refractivity contribution in [3.05, 3.63) is 29.6 Å². The number of unbranched alkanes of at least 4 members (excludes halogenated alkanes) is 2. The molecule has 2 N–H and O–H groups in total. The molecule has 0 aromatic heterocycles. The first-order valence-corrected chi connectivity index (χ1v) is 7.01. The molecule has 4 heteroatoms. The standard InChI is InChI=1S/C12H18FNOS/c1-2-3-4-7-16(15)9-10-5-6-11(14)8-12(10)13/h5-6,8H,2-4,7,9,14H2,1H3. The fourth-order valence-electron chi connectivity index (χ4n) is 1.44. The Bertz CT molecular complexity index is 368. The molecule has 0 fully saturated rings. The Kier molecular flexibility index (Phi) is 5.46. The van der Waals surface area contributed by atoms with Crippen molar-refractivity contribution in [1.82, 2.24) is 0 Å². The molecule has 1 unspecified atom stereocenters. The summed E-state index contributed by atoms with van der Waals surface area (Å²) >= 11 is 0. The first-order valence-electron chi connectivity index (χ1n) is 5.52. The lowest BCUT2D eigenvalue weighted by Crippen LogP contribution is -2.03. The highest BCUT2D eigenvalue weighted by molar-refractivity contribution is 7.84. The van der Waals surface area contributed by atoms with E-state index >= 15 is 0 Å². The largest absolute Gasteiger partial charge is 0.399 e. The number of nitrogen functional groups attached to an aromatic ring is 1. The van der Waals surface area contributed by atoms with E-state index in [-0.39, 0.29) is 11.6 Å². The second-order valence-electron chi connectivity index (χ2n) is 3.85. The molecular weight excluding hydrogens is 225 g/mol. The maximum absolute atomic E-state index is 13.4. The monoisotopic (exact) mass is 243 g/mol. The quantitative estimate of drug-likeness (QED) is 0.616. The molecule has 0 heterocycles. The Balaban J connectivity index is 2.49. The summed E-state index contributed by atoms with van der Waals surface area (Å²) in [6, 6.07) is 4.53. The average Bonchev–Trinajstić information content (AvgIpc) is 2.23. The summed E-state index contributed by atoms with van der Waals surface area (Å²) in [5, 5.41) is 0. The van der Waals surface area contributed by atoms with Gasteiger partial charge in [0.05, 0.1) is 5.75 Å². The number of hydrogen-bond donors (Lipinski definition) is 1. The first-order chi connectivity index (χ1) is 7.63. The molecule has 2 nitrogen and oxygen atoms in total. The van der Waals surface area contributed by atoms with Gasteiger partial charge in [-0.25, -0.2) is 4.39 Å². The molecule has 0 amide bonds. The van der Waals surface area contributed by atoms with Gasteiger partial charge >= 0.3 is 0 Å². The smallest absolute Gasteiger partial charge is 0.129 e. The van der Waals surface area contributed by atoms with Crippen molar-refractivity contribution < 1.29 is 8.60 Å². The molecule has 16 heavy (non-hydrogen) atoms. The molecule has 0 radical (unpaired) electrons. The molecule has 0 saturated heterocycles. The van der Waals surface area contributed by atoms with Crippen LogP contribution >= 0.6 is 0 Å². The minimum Gasteiger partial charge on any atom is -0.399 e. The highest BCUT2D eigenvalue weighted by atomic mass is 32.2. The Labute approximate surface area is 98.5 Å². The Hall–Kier alpha value is -0.900. The summed E-state index contributed by atoms with van der Waals surface area (Å²) in [6.07, 6.45) is 3.13. The first kappa shape index (κ1) is 13.2. The van der Waals surface area contributed by atoms with Crippen molar-refractivity contribution in [2.24, 2.45) is 0 Å². The molecule has 0 saturated carbocycles. The molecule has 1 rings (SSSR count). The lowest BCUT2D eigenvalue weighted by Gasteiger charge is -2.04. The maximum Gasteiger partial charge on any atom is 0.129 e. The van der Waals surface area contributed by atoms with Gasteiger partial charge in [-0.3, -0.25) is 4.21 Å². The van der Waals surface area contributed by atoms with Crippen LogP contribution in [-0.4, -0.2) is 9.96 Å². The fraction of sp³-hybridized carbons (Fsp3) is 0.500. The van der Waals surface area contributed by atoms with Gasteiger partial charge in [0.1, 0.15) is 5.82 Å². The van der Waals surface area contributed by atoms with Gasteiger partial charge in [0.15, 0.2) is 0 Å². The predicted molar refractivity (Wildman–Crippen MR) is 67.1 cm³/mol. The van der Waals surface area contributed by atoms with Crippen molar-refractivity contribution in [2.45, 2.75) is 31.9 Å².